The van der Waals surface area contributed by atoms with Crippen LogP contribution in [0.2, 0.25) is 0 Å². The zero-order chi connectivity index (χ0) is 27.4. The molecule has 0 radical (unpaired) electrons. The number of aromatic nitrogens is 4. The van der Waals surface area contributed by atoms with E-state index < -0.39 is 22.3 Å². The molecule has 0 spiro atoms. The highest BCUT2D eigenvalue weighted by Crippen LogP contribution is 2.19. The Bertz CT molecular complexity index is 1620. The van der Waals surface area contributed by atoms with E-state index >= 15 is 0 Å². The van der Waals surface area contributed by atoms with Crippen LogP contribution in [0.4, 0.5) is 11.6 Å². The van der Waals surface area contributed by atoms with Crippen molar-refractivity contribution in [2.45, 2.75) is 12.6 Å². The van der Waals surface area contributed by atoms with Gasteiger partial charge in [0.15, 0.2) is 11.2 Å². The van der Waals surface area contributed by atoms with E-state index in [-0.39, 0.29) is 36.0 Å². The van der Waals surface area contributed by atoms with Crippen molar-refractivity contribution >= 4 is 29.0 Å². The van der Waals surface area contributed by atoms with E-state index in [1.807, 2.05) is 0 Å². The van der Waals surface area contributed by atoms with Crippen LogP contribution in [0.3, 0.4) is 0 Å². The Hall–Kier alpha value is -4.98. The number of aryl methyl sites for hydroxylation is 1. The first-order valence-corrected chi connectivity index (χ1v) is 11.3. The highest BCUT2D eigenvalue weighted by atomic mass is 16.6. The molecule has 0 saturated carbocycles. The molecule has 0 unspecified atom stereocenters. The normalized spacial score (nSPS) is 12.1. The number of nitro benzene ring substituents is 1. The zero-order valence-corrected chi connectivity index (χ0v) is 20.8. The standard InChI is InChI=1S/C24H25N7O7/c1-28-21-20(22(33)29(2)24(28)34)30(13-17(32)14-38-19-9-7-18(37-3)8-10-19)23(26-21)27-25-12-15-5-4-6-16(11-15)31(35)36/h4-12,17,32H,13-14H2,1-3H3,(H,26,27)/b25-12-/t17-/m0/s1. The smallest absolute Gasteiger partial charge is 0.332 e. The molecule has 198 valence electrons. The lowest BCUT2D eigenvalue weighted by atomic mass is 10.2. The quantitative estimate of drug-likeness (QED) is 0.176. The number of hydrogen-bond acceptors (Lipinski definition) is 10. The number of nitrogens with one attached hydrogen (secondary N) is 1. The second-order valence-electron chi connectivity index (χ2n) is 8.29. The number of nitrogens with zero attached hydrogens (tertiary/aromatic N) is 6. The van der Waals surface area contributed by atoms with Gasteiger partial charge in [0.2, 0.25) is 5.95 Å². The number of fused-ring (bicyclic) bond motifs is 1. The van der Waals surface area contributed by atoms with E-state index in [4.69, 9.17) is 9.47 Å². The summed E-state index contributed by atoms with van der Waals surface area (Å²) in [6.45, 7) is -0.219. The number of ether oxygens (including phenoxy) is 2. The summed E-state index contributed by atoms with van der Waals surface area (Å²) in [5.41, 5.74) is 2.06. The molecule has 2 heterocycles. The summed E-state index contributed by atoms with van der Waals surface area (Å²) in [6.07, 6.45) is 0.273. The first kappa shape index (κ1) is 26.1. The lowest BCUT2D eigenvalue weighted by Gasteiger charge is -2.15. The number of anilines is 1. The molecular formula is C24H25N7O7. The van der Waals surface area contributed by atoms with Crippen LogP contribution in [0.1, 0.15) is 5.56 Å². The molecule has 0 saturated heterocycles. The van der Waals surface area contributed by atoms with E-state index in [9.17, 15) is 24.8 Å². The van der Waals surface area contributed by atoms with Gasteiger partial charge in [0.1, 0.15) is 24.2 Å². The summed E-state index contributed by atoms with van der Waals surface area (Å²) in [7, 11) is 4.37. The number of hydrazone groups is 1. The first-order valence-electron chi connectivity index (χ1n) is 11.3. The Morgan fingerprint density at radius 2 is 1.87 bits per heavy atom. The molecule has 2 aromatic carbocycles. The molecule has 0 bridgehead atoms. The van der Waals surface area contributed by atoms with Gasteiger partial charge in [0, 0.05) is 31.8 Å². The fraction of sp³-hybridized carbons (Fsp3) is 0.250. The maximum absolute atomic E-state index is 13.0. The van der Waals surface area contributed by atoms with Gasteiger partial charge in [-0.3, -0.25) is 24.0 Å². The Morgan fingerprint density at radius 1 is 1.16 bits per heavy atom. The third-order valence-corrected chi connectivity index (χ3v) is 5.70. The van der Waals surface area contributed by atoms with E-state index in [1.54, 1.807) is 37.4 Å². The third kappa shape index (κ3) is 5.39. The molecule has 14 nitrogen and oxygen atoms in total. The second kappa shape index (κ2) is 11.0. The van der Waals surface area contributed by atoms with Gasteiger partial charge in [-0.1, -0.05) is 12.1 Å². The lowest BCUT2D eigenvalue weighted by molar-refractivity contribution is -0.384. The monoisotopic (exact) mass is 523 g/mol. The van der Waals surface area contributed by atoms with Crippen LogP contribution < -0.4 is 26.1 Å². The molecule has 2 aromatic heterocycles. The molecular weight excluding hydrogens is 498 g/mol. The number of benzene rings is 2. The van der Waals surface area contributed by atoms with Gasteiger partial charge in [-0.05, 0) is 24.3 Å². The van der Waals surface area contributed by atoms with Crippen LogP contribution in [0.5, 0.6) is 11.5 Å². The average Bonchev–Trinajstić information content (AvgIpc) is 3.27. The third-order valence-electron chi connectivity index (χ3n) is 5.70. The van der Waals surface area contributed by atoms with Crippen LogP contribution in [-0.2, 0) is 20.6 Å². The van der Waals surface area contributed by atoms with Crippen molar-refractivity contribution in [3.8, 4) is 11.5 Å². The van der Waals surface area contributed by atoms with Crippen molar-refractivity contribution in [1.82, 2.24) is 18.7 Å². The minimum absolute atomic E-state index is 0.0727. The number of imidazole rings is 1. The Morgan fingerprint density at radius 3 is 2.55 bits per heavy atom. The molecule has 2 N–H and O–H groups in total. The fourth-order valence-corrected chi connectivity index (χ4v) is 3.72. The molecule has 4 rings (SSSR count). The predicted molar refractivity (Wildman–Crippen MR) is 139 cm³/mol. The largest absolute Gasteiger partial charge is 0.497 e. The molecule has 38 heavy (non-hydrogen) atoms. The number of non-ortho nitro benzene ring substituents is 1. The van der Waals surface area contributed by atoms with Crippen LogP contribution >= 0.6 is 0 Å². The van der Waals surface area contributed by atoms with E-state index in [0.717, 1.165) is 4.57 Å². The van der Waals surface area contributed by atoms with Gasteiger partial charge < -0.3 is 19.1 Å². The van der Waals surface area contributed by atoms with Gasteiger partial charge in [0.25, 0.3) is 11.2 Å². The highest BCUT2D eigenvalue weighted by Gasteiger charge is 2.21. The molecule has 0 aliphatic carbocycles. The van der Waals surface area contributed by atoms with Crippen LogP contribution in [-0.4, -0.2) is 54.8 Å². The number of aliphatic hydroxyl groups is 1. The average molecular weight is 524 g/mol. The van der Waals surface area contributed by atoms with Crippen molar-refractivity contribution in [2.24, 2.45) is 19.2 Å². The summed E-state index contributed by atoms with van der Waals surface area (Å²) < 4.78 is 14.3. The number of nitro groups is 1. The van der Waals surface area contributed by atoms with Crippen LogP contribution in [0.15, 0.2) is 63.2 Å². The van der Waals surface area contributed by atoms with Gasteiger partial charge >= 0.3 is 5.69 Å². The lowest BCUT2D eigenvalue weighted by Crippen LogP contribution is -2.38. The Balaban J connectivity index is 1.63. The fourth-order valence-electron chi connectivity index (χ4n) is 3.72. The molecule has 14 heteroatoms. The first-order chi connectivity index (χ1) is 18.2. The Labute approximate surface area is 215 Å². The molecule has 0 amide bonds. The molecule has 1 atom stereocenters. The van der Waals surface area contributed by atoms with Crippen molar-refractivity contribution in [1.29, 1.82) is 0 Å². The summed E-state index contributed by atoms with van der Waals surface area (Å²) in [5, 5.41) is 25.8. The molecule has 0 aliphatic heterocycles. The molecule has 0 fully saturated rings. The maximum atomic E-state index is 13.0. The van der Waals surface area contributed by atoms with Gasteiger partial charge in [-0.2, -0.15) is 10.1 Å². The van der Waals surface area contributed by atoms with Crippen molar-refractivity contribution < 1.29 is 19.5 Å². The summed E-state index contributed by atoms with van der Waals surface area (Å²) in [6, 6.07) is 12.7. The molecule has 0 aliphatic rings. The summed E-state index contributed by atoms with van der Waals surface area (Å²) in [4.78, 5) is 40.3. The van der Waals surface area contributed by atoms with E-state index in [2.05, 4.69) is 15.5 Å². The minimum Gasteiger partial charge on any atom is -0.497 e. The summed E-state index contributed by atoms with van der Waals surface area (Å²) in [5.74, 6) is 1.24. The number of methoxy groups -OCH3 is 1. The number of aliphatic hydroxyl groups excluding tert-OH is 1. The van der Waals surface area contributed by atoms with E-state index in [0.29, 0.717) is 17.1 Å². The zero-order valence-electron chi connectivity index (χ0n) is 20.8. The number of rotatable bonds is 10. The molecule has 4 aromatic rings. The van der Waals surface area contributed by atoms with Crippen molar-refractivity contribution in [3.05, 3.63) is 85.0 Å². The second-order valence-corrected chi connectivity index (χ2v) is 8.29. The van der Waals surface area contributed by atoms with Crippen LogP contribution in [0, 0.1) is 10.1 Å². The summed E-state index contributed by atoms with van der Waals surface area (Å²) >= 11 is 0. The van der Waals surface area contributed by atoms with Crippen LogP contribution in [0.25, 0.3) is 11.2 Å². The van der Waals surface area contributed by atoms with Gasteiger partial charge in [-0.25, -0.2) is 10.2 Å². The SMILES string of the molecule is COc1ccc(OC[C@@H](O)Cn2c(N/N=C\c3cccc([N+](=O)[O-])c3)nc3c2c(=O)n(C)c(=O)n3C)cc1. The van der Waals surface area contributed by atoms with Gasteiger partial charge in [0.05, 0.1) is 24.8 Å². The number of hydrogen-bond donors (Lipinski definition) is 2. The van der Waals surface area contributed by atoms with Gasteiger partial charge in [-0.15, -0.1) is 0 Å². The minimum atomic E-state index is -1.07. The maximum Gasteiger partial charge on any atom is 0.332 e. The highest BCUT2D eigenvalue weighted by molar-refractivity contribution is 5.81. The Kier molecular flexibility index (Phi) is 7.53. The van der Waals surface area contributed by atoms with Crippen molar-refractivity contribution in [3.63, 3.8) is 0 Å². The predicted octanol–water partition coefficient (Wildman–Crippen LogP) is 1.24. The van der Waals surface area contributed by atoms with Crippen molar-refractivity contribution in [2.75, 3.05) is 19.1 Å². The topological polar surface area (TPSA) is 168 Å². The van der Waals surface area contributed by atoms with E-state index in [1.165, 1.54) is 47.6 Å².